The lowest BCUT2D eigenvalue weighted by Crippen LogP contribution is -2.50. The molecule has 0 aromatic rings. The second-order valence-electron chi connectivity index (χ2n) is 5.61. The van der Waals surface area contributed by atoms with E-state index in [1.54, 1.807) is 0 Å². The molecule has 0 spiro atoms. The van der Waals surface area contributed by atoms with Gasteiger partial charge >= 0.3 is 0 Å². The van der Waals surface area contributed by atoms with Crippen LogP contribution in [0, 0.1) is 0 Å². The van der Waals surface area contributed by atoms with Crippen molar-refractivity contribution in [3.05, 3.63) is 0 Å². The Balaban J connectivity index is 1.72. The number of amides is 1. The first-order valence-corrected chi connectivity index (χ1v) is 6.87. The molecule has 2 fully saturated rings. The first-order chi connectivity index (χ1) is 8.15. The van der Waals surface area contributed by atoms with E-state index in [0.29, 0.717) is 18.0 Å². The van der Waals surface area contributed by atoms with Gasteiger partial charge in [0.1, 0.15) is 0 Å². The molecule has 2 aliphatic heterocycles. The number of likely N-dealkylation sites (tertiary alicyclic amines) is 2. The normalized spacial score (nSPS) is 28.7. The Hall–Kier alpha value is -0.610. The van der Waals surface area contributed by atoms with Crippen LogP contribution in [-0.4, -0.2) is 61.0 Å². The molecule has 2 rings (SSSR count). The van der Waals surface area contributed by atoms with Gasteiger partial charge in [0.2, 0.25) is 5.91 Å². The summed E-state index contributed by atoms with van der Waals surface area (Å²) in [5.74, 6) is 0.333. The quantitative estimate of drug-likeness (QED) is 0.784. The molecule has 2 heterocycles. The molecule has 98 valence electrons. The lowest BCUT2D eigenvalue weighted by Gasteiger charge is -2.33. The molecule has 2 unspecified atom stereocenters. The monoisotopic (exact) mass is 239 g/mol. The third kappa shape index (κ3) is 3.68. The van der Waals surface area contributed by atoms with Gasteiger partial charge in [0, 0.05) is 38.1 Å². The second kappa shape index (κ2) is 5.83. The van der Waals surface area contributed by atoms with Crippen molar-refractivity contribution in [3.8, 4) is 0 Å². The minimum atomic E-state index is 0.333. The first kappa shape index (κ1) is 12.8. The molecule has 0 bridgehead atoms. The summed E-state index contributed by atoms with van der Waals surface area (Å²) >= 11 is 0. The molecular formula is C13H25N3O. The summed E-state index contributed by atoms with van der Waals surface area (Å²) in [4.78, 5) is 15.9. The smallest absolute Gasteiger partial charge is 0.222 e. The van der Waals surface area contributed by atoms with Crippen molar-refractivity contribution in [2.45, 2.75) is 44.7 Å². The maximum atomic E-state index is 11.5. The average Bonchev–Trinajstić information content (AvgIpc) is 2.64. The highest BCUT2D eigenvalue weighted by atomic mass is 16.2. The van der Waals surface area contributed by atoms with Gasteiger partial charge in [-0.1, -0.05) is 0 Å². The van der Waals surface area contributed by atoms with Gasteiger partial charge in [-0.25, -0.2) is 0 Å². The van der Waals surface area contributed by atoms with Crippen LogP contribution in [0.5, 0.6) is 0 Å². The molecule has 4 heteroatoms. The summed E-state index contributed by atoms with van der Waals surface area (Å²) in [6.07, 6.45) is 4.34. The third-order valence-corrected chi connectivity index (χ3v) is 3.81. The van der Waals surface area contributed by atoms with Gasteiger partial charge in [-0.2, -0.15) is 0 Å². The van der Waals surface area contributed by atoms with Crippen LogP contribution in [0.15, 0.2) is 0 Å². The van der Waals surface area contributed by atoms with Crippen molar-refractivity contribution >= 4 is 5.91 Å². The Morgan fingerprint density at radius 1 is 1.41 bits per heavy atom. The molecule has 2 saturated heterocycles. The Labute approximate surface area is 104 Å². The molecule has 17 heavy (non-hydrogen) atoms. The predicted octanol–water partition coefficient (Wildman–Crippen LogP) is 0.681. The molecule has 0 aliphatic carbocycles. The zero-order chi connectivity index (χ0) is 12.3. The van der Waals surface area contributed by atoms with Gasteiger partial charge in [0.15, 0.2) is 0 Å². The fourth-order valence-electron chi connectivity index (χ4n) is 2.99. The maximum absolute atomic E-state index is 11.5. The molecule has 0 aromatic heterocycles. The van der Waals surface area contributed by atoms with E-state index >= 15 is 0 Å². The van der Waals surface area contributed by atoms with Crippen molar-refractivity contribution in [1.29, 1.82) is 0 Å². The second-order valence-corrected chi connectivity index (χ2v) is 5.61. The van der Waals surface area contributed by atoms with E-state index in [0.717, 1.165) is 32.5 Å². The minimum Gasteiger partial charge on any atom is -0.341 e. The van der Waals surface area contributed by atoms with Crippen LogP contribution in [0.3, 0.4) is 0 Å². The van der Waals surface area contributed by atoms with Crippen LogP contribution >= 0.6 is 0 Å². The molecule has 2 aliphatic rings. The Morgan fingerprint density at radius 2 is 2.24 bits per heavy atom. The molecular weight excluding hydrogens is 214 g/mol. The summed E-state index contributed by atoms with van der Waals surface area (Å²) in [5.41, 5.74) is 0. The minimum absolute atomic E-state index is 0.333. The number of hydrogen-bond acceptors (Lipinski definition) is 3. The number of carbonyl (C=O) groups excluding carboxylic acids is 1. The van der Waals surface area contributed by atoms with E-state index < -0.39 is 0 Å². The Bertz CT molecular complexity index is 269. The van der Waals surface area contributed by atoms with Crippen LogP contribution in [-0.2, 0) is 4.79 Å². The van der Waals surface area contributed by atoms with Gasteiger partial charge in [-0.3, -0.25) is 4.79 Å². The number of carbonyl (C=O) groups is 1. The molecule has 2 atom stereocenters. The summed E-state index contributed by atoms with van der Waals surface area (Å²) in [7, 11) is 2.18. The van der Waals surface area contributed by atoms with Gasteiger partial charge in [0.05, 0.1) is 0 Å². The molecule has 0 aromatic carbocycles. The topological polar surface area (TPSA) is 35.6 Å². The van der Waals surface area contributed by atoms with E-state index in [2.05, 4.69) is 24.2 Å². The fraction of sp³-hybridized carbons (Fsp3) is 0.923. The number of likely N-dealkylation sites (N-methyl/N-ethyl adjacent to an activating group) is 1. The summed E-state index contributed by atoms with van der Waals surface area (Å²) in [5, 5.41) is 3.66. The summed E-state index contributed by atoms with van der Waals surface area (Å²) in [6, 6.07) is 1.01. The molecule has 4 nitrogen and oxygen atoms in total. The highest BCUT2D eigenvalue weighted by molar-refractivity contribution is 5.78. The number of nitrogens with zero attached hydrogens (tertiary/aromatic N) is 2. The van der Waals surface area contributed by atoms with Crippen molar-refractivity contribution in [2.75, 3.05) is 33.2 Å². The number of hydrogen-bond donors (Lipinski definition) is 1. The summed E-state index contributed by atoms with van der Waals surface area (Å²) in [6.45, 7) is 6.38. The average molecular weight is 239 g/mol. The van der Waals surface area contributed by atoms with E-state index in [1.165, 1.54) is 19.4 Å². The van der Waals surface area contributed by atoms with Crippen LogP contribution < -0.4 is 5.32 Å². The standard InChI is InChI=1S/C13H25N3O/c1-11(9-16-8-4-6-13(16)17)14-12-5-3-7-15(2)10-12/h11-12,14H,3-10H2,1-2H3. The van der Waals surface area contributed by atoms with E-state index in [-0.39, 0.29) is 0 Å². The van der Waals surface area contributed by atoms with E-state index in [1.807, 2.05) is 4.90 Å². The van der Waals surface area contributed by atoms with Crippen LogP contribution in [0.2, 0.25) is 0 Å². The van der Waals surface area contributed by atoms with Gasteiger partial charge in [-0.05, 0) is 39.8 Å². The van der Waals surface area contributed by atoms with Gasteiger partial charge < -0.3 is 15.1 Å². The highest BCUT2D eigenvalue weighted by Gasteiger charge is 2.24. The third-order valence-electron chi connectivity index (χ3n) is 3.81. The molecule has 1 N–H and O–H groups in total. The van der Waals surface area contributed by atoms with Crippen molar-refractivity contribution in [2.24, 2.45) is 0 Å². The molecule has 1 amide bonds. The van der Waals surface area contributed by atoms with E-state index in [4.69, 9.17) is 0 Å². The fourth-order valence-corrected chi connectivity index (χ4v) is 2.99. The van der Waals surface area contributed by atoms with Crippen molar-refractivity contribution in [3.63, 3.8) is 0 Å². The zero-order valence-corrected chi connectivity index (χ0v) is 11.1. The largest absolute Gasteiger partial charge is 0.341 e. The Morgan fingerprint density at radius 3 is 2.88 bits per heavy atom. The zero-order valence-electron chi connectivity index (χ0n) is 11.1. The first-order valence-electron chi connectivity index (χ1n) is 6.87. The number of rotatable bonds is 4. The van der Waals surface area contributed by atoms with Crippen LogP contribution in [0.1, 0.15) is 32.6 Å². The number of piperidine rings is 1. The van der Waals surface area contributed by atoms with Crippen LogP contribution in [0.25, 0.3) is 0 Å². The molecule has 0 saturated carbocycles. The lowest BCUT2D eigenvalue weighted by molar-refractivity contribution is -0.128. The lowest BCUT2D eigenvalue weighted by atomic mass is 10.1. The SMILES string of the molecule is CC(CN1CCCC1=O)NC1CCCN(C)C1. The maximum Gasteiger partial charge on any atom is 0.222 e. The van der Waals surface area contributed by atoms with Gasteiger partial charge in [-0.15, -0.1) is 0 Å². The van der Waals surface area contributed by atoms with E-state index in [9.17, 15) is 4.79 Å². The number of nitrogens with one attached hydrogen (secondary N) is 1. The Kier molecular flexibility index (Phi) is 4.40. The van der Waals surface area contributed by atoms with Crippen LogP contribution in [0.4, 0.5) is 0 Å². The van der Waals surface area contributed by atoms with Crippen molar-refractivity contribution < 1.29 is 4.79 Å². The predicted molar refractivity (Wildman–Crippen MR) is 68.9 cm³/mol. The summed E-state index contributed by atoms with van der Waals surface area (Å²) < 4.78 is 0. The molecule has 0 radical (unpaired) electrons. The van der Waals surface area contributed by atoms with Gasteiger partial charge in [0.25, 0.3) is 0 Å². The van der Waals surface area contributed by atoms with Crippen molar-refractivity contribution in [1.82, 2.24) is 15.1 Å². The highest BCUT2D eigenvalue weighted by Crippen LogP contribution is 2.12.